The number of hydrogen-bond donors (Lipinski definition) is 1. The van der Waals surface area contributed by atoms with Crippen LogP contribution in [0.1, 0.15) is 53.0 Å². The minimum absolute atomic E-state index is 0.304. The highest BCUT2D eigenvalue weighted by molar-refractivity contribution is 6.05. The predicted molar refractivity (Wildman–Crippen MR) is 113 cm³/mol. The lowest BCUT2D eigenvalue weighted by Crippen LogP contribution is -2.21. The summed E-state index contributed by atoms with van der Waals surface area (Å²) in [6.07, 6.45) is 3.10. The monoisotopic (exact) mass is 394 g/mol. The first-order valence-electron chi connectivity index (χ1n) is 10.3. The van der Waals surface area contributed by atoms with Crippen LogP contribution in [-0.2, 0) is 11.2 Å². The number of H-pyrrole nitrogens is 1. The molecule has 1 saturated heterocycles. The standard InChI is InChI=1S/C24H27FN2O2/c1-16-23(24(28)29-17(2)19-6-8-20(25)9-7-19)21-15-18(5-10-22(21)26-16)11-14-27-12-3-4-13-27/h5-10,15,17,26H,3-4,11-14H2,1-2H3/t17-/m0/s1. The van der Waals surface area contributed by atoms with Gasteiger partial charge in [-0.2, -0.15) is 0 Å². The molecule has 2 heterocycles. The number of nitrogens with zero attached hydrogens (tertiary/aromatic N) is 1. The van der Waals surface area contributed by atoms with E-state index in [1.165, 1.54) is 43.6 Å². The Hall–Kier alpha value is -2.66. The molecule has 0 unspecified atom stereocenters. The van der Waals surface area contributed by atoms with Crippen LogP contribution in [0.15, 0.2) is 42.5 Å². The van der Waals surface area contributed by atoms with Crippen molar-refractivity contribution in [3.63, 3.8) is 0 Å². The van der Waals surface area contributed by atoms with E-state index in [1.807, 2.05) is 13.0 Å². The Morgan fingerprint density at radius 2 is 1.90 bits per heavy atom. The SMILES string of the molecule is Cc1[nH]c2ccc(CCN3CCCC3)cc2c1C(=O)O[C@@H](C)c1ccc(F)cc1. The lowest BCUT2D eigenvalue weighted by Gasteiger charge is -2.15. The molecule has 4 nitrogen and oxygen atoms in total. The fourth-order valence-corrected chi connectivity index (χ4v) is 4.11. The van der Waals surface area contributed by atoms with Gasteiger partial charge in [0.05, 0.1) is 5.56 Å². The van der Waals surface area contributed by atoms with Gasteiger partial charge in [0, 0.05) is 23.1 Å². The largest absolute Gasteiger partial charge is 0.454 e. The van der Waals surface area contributed by atoms with E-state index in [0.717, 1.165) is 35.1 Å². The van der Waals surface area contributed by atoms with Crippen molar-refractivity contribution in [3.8, 4) is 0 Å². The Morgan fingerprint density at radius 3 is 2.62 bits per heavy atom. The highest BCUT2D eigenvalue weighted by Gasteiger charge is 2.21. The molecule has 29 heavy (non-hydrogen) atoms. The van der Waals surface area contributed by atoms with Crippen molar-refractivity contribution >= 4 is 16.9 Å². The van der Waals surface area contributed by atoms with Gasteiger partial charge in [-0.1, -0.05) is 18.2 Å². The molecular formula is C24H27FN2O2. The Labute approximate surface area is 170 Å². The van der Waals surface area contributed by atoms with Crippen molar-refractivity contribution < 1.29 is 13.9 Å². The van der Waals surface area contributed by atoms with Gasteiger partial charge in [0.25, 0.3) is 0 Å². The first-order chi connectivity index (χ1) is 14.0. The molecule has 3 aromatic rings. The summed E-state index contributed by atoms with van der Waals surface area (Å²) in [6.45, 7) is 7.12. The van der Waals surface area contributed by atoms with Gasteiger partial charge in [-0.05, 0) is 81.6 Å². The van der Waals surface area contributed by atoms with Crippen molar-refractivity contribution in [2.24, 2.45) is 0 Å². The molecule has 1 aliphatic heterocycles. The molecule has 0 saturated carbocycles. The molecular weight excluding hydrogens is 367 g/mol. The predicted octanol–water partition coefficient (Wildman–Crippen LogP) is 5.17. The number of carbonyl (C=O) groups excluding carboxylic acids is 1. The van der Waals surface area contributed by atoms with E-state index in [1.54, 1.807) is 19.1 Å². The number of fused-ring (bicyclic) bond motifs is 1. The molecule has 4 rings (SSSR count). The van der Waals surface area contributed by atoms with E-state index in [0.29, 0.717) is 5.56 Å². The van der Waals surface area contributed by atoms with Crippen LogP contribution in [0.2, 0.25) is 0 Å². The molecule has 2 aromatic carbocycles. The van der Waals surface area contributed by atoms with E-state index < -0.39 is 6.10 Å². The molecule has 1 fully saturated rings. The van der Waals surface area contributed by atoms with E-state index >= 15 is 0 Å². The fourth-order valence-electron chi connectivity index (χ4n) is 4.11. The molecule has 152 valence electrons. The maximum absolute atomic E-state index is 13.1. The zero-order chi connectivity index (χ0) is 20.4. The quantitative estimate of drug-likeness (QED) is 0.587. The Morgan fingerprint density at radius 1 is 1.17 bits per heavy atom. The molecule has 0 spiro atoms. The number of carbonyl (C=O) groups is 1. The number of esters is 1. The van der Waals surface area contributed by atoms with Gasteiger partial charge in [0.1, 0.15) is 11.9 Å². The van der Waals surface area contributed by atoms with Crippen molar-refractivity contribution in [1.82, 2.24) is 9.88 Å². The Bertz CT molecular complexity index is 1000. The smallest absolute Gasteiger partial charge is 0.341 e. The second kappa shape index (κ2) is 8.37. The summed E-state index contributed by atoms with van der Waals surface area (Å²) < 4.78 is 18.8. The maximum Gasteiger partial charge on any atom is 0.341 e. The highest BCUT2D eigenvalue weighted by atomic mass is 19.1. The van der Waals surface area contributed by atoms with E-state index in [9.17, 15) is 9.18 Å². The molecule has 0 aliphatic carbocycles. The minimum Gasteiger partial charge on any atom is -0.454 e. The number of aromatic nitrogens is 1. The topological polar surface area (TPSA) is 45.3 Å². The molecule has 0 amide bonds. The van der Waals surface area contributed by atoms with Crippen LogP contribution >= 0.6 is 0 Å². The number of ether oxygens (including phenoxy) is 1. The van der Waals surface area contributed by atoms with Crippen molar-refractivity contribution in [3.05, 3.63) is 70.7 Å². The average molecular weight is 394 g/mol. The third kappa shape index (κ3) is 4.35. The summed E-state index contributed by atoms with van der Waals surface area (Å²) >= 11 is 0. The normalized spacial score (nSPS) is 15.7. The highest BCUT2D eigenvalue weighted by Crippen LogP contribution is 2.27. The number of hydrogen-bond acceptors (Lipinski definition) is 3. The first-order valence-corrected chi connectivity index (χ1v) is 10.3. The zero-order valence-electron chi connectivity index (χ0n) is 17.0. The third-order valence-electron chi connectivity index (χ3n) is 5.79. The lowest BCUT2D eigenvalue weighted by atomic mass is 10.1. The van der Waals surface area contributed by atoms with Crippen molar-refractivity contribution in [2.75, 3.05) is 19.6 Å². The van der Waals surface area contributed by atoms with Gasteiger partial charge in [0.2, 0.25) is 0 Å². The summed E-state index contributed by atoms with van der Waals surface area (Å²) in [7, 11) is 0. The molecule has 1 aromatic heterocycles. The van der Waals surface area contributed by atoms with Crippen LogP contribution in [0, 0.1) is 12.7 Å². The number of benzene rings is 2. The molecule has 0 bridgehead atoms. The number of aromatic amines is 1. The minimum atomic E-state index is -0.453. The molecule has 0 radical (unpaired) electrons. The summed E-state index contributed by atoms with van der Waals surface area (Å²) in [6, 6.07) is 12.3. The van der Waals surface area contributed by atoms with Crippen LogP contribution < -0.4 is 0 Å². The van der Waals surface area contributed by atoms with Gasteiger partial charge in [-0.15, -0.1) is 0 Å². The molecule has 1 aliphatic rings. The maximum atomic E-state index is 13.1. The summed E-state index contributed by atoms with van der Waals surface area (Å²) in [5.41, 5.74) is 4.31. The van der Waals surface area contributed by atoms with Gasteiger partial charge in [-0.3, -0.25) is 0 Å². The molecule has 1 N–H and O–H groups in total. The number of nitrogens with one attached hydrogen (secondary N) is 1. The zero-order valence-corrected chi connectivity index (χ0v) is 17.0. The summed E-state index contributed by atoms with van der Waals surface area (Å²) in [5, 5.41) is 0.901. The van der Waals surface area contributed by atoms with Gasteiger partial charge in [0.15, 0.2) is 0 Å². The summed E-state index contributed by atoms with van der Waals surface area (Å²) in [4.78, 5) is 18.7. The van der Waals surface area contributed by atoms with Gasteiger partial charge < -0.3 is 14.6 Å². The lowest BCUT2D eigenvalue weighted by molar-refractivity contribution is 0.0339. The fraction of sp³-hybridized carbons (Fsp3) is 0.375. The second-order valence-electron chi connectivity index (χ2n) is 7.90. The van der Waals surface area contributed by atoms with Crippen molar-refractivity contribution in [1.29, 1.82) is 0 Å². The van der Waals surface area contributed by atoms with Gasteiger partial charge in [-0.25, -0.2) is 9.18 Å². The van der Waals surface area contributed by atoms with Crippen LogP contribution in [0.5, 0.6) is 0 Å². The van der Waals surface area contributed by atoms with Crippen LogP contribution in [0.3, 0.4) is 0 Å². The van der Waals surface area contributed by atoms with E-state index in [-0.39, 0.29) is 11.8 Å². The van der Waals surface area contributed by atoms with Crippen LogP contribution in [0.4, 0.5) is 4.39 Å². The first kappa shape index (κ1) is 19.6. The number of likely N-dealkylation sites (tertiary alicyclic amines) is 1. The third-order valence-corrected chi connectivity index (χ3v) is 5.79. The average Bonchev–Trinajstić information content (AvgIpc) is 3.33. The Kier molecular flexibility index (Phi) is 5.67. The molecule has 5 heteroatoms. The van der Waals surface area contributed by atoms with Crippen molar-refractivity contribution in [2.45, 2.75) is 39.2 Å². The Balaban J connectivity index is 1.53. The van der Waals surface area contributed by atoms with Gasteiger partial charge >= 0.3 is 5.97 Å². The summed E-state index contributed by atoms with van der Waals surface area (Å²) in [5.74, 6) is -0.663. The second-order valence-corrected chi connectivity index (χ2v) is 7.90. The van der Waals surface area contributed by atoms with E-state index in [4.69, 9.17) is 4.74 Å². The number of rotatable bonds is 6. The van der Waals surface area contributed by atoms with E-state index in [2.05, 4.69) is 22.0 Å². The number of aryl methyl sites for hydroxylation is 1. The van der Waals surface area contributed by atoms with Crippen LogP contribution in [0.25, 0.3) is 10.9 Å². The number of halogens is 1. The van der Waals surface area contributed by atoms with Crippen LogP contribution in [-0.4, -0.2) is 35.5 Å². The molecule has 1 atom stereocenters.